The summed E-state index contributed by atoms with van der Waals surface area (Å²) in [5, 5.41) is 0. The molecule has 1 heterocycles. The van der Waals surface area contributed by atoms with Crippen LogP contribution in [0.4, 0.5) is 0 Å². The molecule has 12 heavy (non-hydrogen) atoms. The van der Waals surface area contributed by atoms with Gasteiger partial charge in [-0.3, -0.25) is 4.99 Å². The lowest BCUT2D eigenvalue weighted by Crippen LogP contribution is -2.29. The van der Waals surface area contributed by atoms with E-state index in [9.17, 15) is 0 Å². The van der Waals surface area contributed by atoms with Gasteiger partial charge in [-0.05, 0) is 38.9 Å². The Kier molecular flexibility index (Phi) is 3.48. The minimum atomic E-state index is 0.586. The van der Waals surface area contributed by atoms with E-state index in [1.165, 1.54) is 18.4 Å². The minimum absolute atomic E-state index is 0.586. The van der Waals surface area contributed by atoms with Crippen LogP contribution >= 0.6 is 0 Å². The van der Waals surface area contributed by atoms with Crippen molar-refractivity contribution in [1.29, 1.82) is 0 Å². The summed E-state index contributed by atoms with van der Waals surface area (Å²) in [6.07, 6.45) is 7.48. The molecule has 0 radical (unpaired) electrons. The molecule has 1 atom stereocenters. The number of hydrogen-bond acceptors (Lipinski definition) is 2. The molecule has 1 aliphatic rings. The van der Waals surface area contributed by atoms with Crippen molar-refractivity contribution in [3.05, 3.63) is 11.8 Å². The zero-order valence-electron chi connectivity index (χ0n) is 8.25. The fourth-order valence-corrected chi connectivity index (χ4v) is 1.73. The lowest BCUT2D eigenvalue weighted by Gasteiger charge is -2.26. The molecule has 0 spiro atoms. The van der Waals surface area contributed by atoms with Crippen LogP contribution < -0.4 is 0 Å². The topological polar surface area (TPSA) is 15.6 Å². The monoisotopic (exact) mass is 166 g/mol. The largest absolute Gasteiger partial charge is 0.303 e. The summed E-state index contributed by atoms with van der Waals surface area (Å²) in [6, 6.07) is 0.586. The van der Waals surface area contributed by atoms with Crippen molar-refractivity contribution in [2.24, 2.45) is 4.99 Å². The SMILES string of the molecule is CCC(C1=CN=CCC1)N(C)C. The Morgan fingerprint density at radius 2 is 2.33 bits per heavy atom. The third-order valence-corrected chi connectivity index (χ3v) is 2.35. The summed E-state index contributed by atoms with van der Waals surface area (Å²) in [4.78, 5) is 6.47. The highest BCUT2D eigenvalue weighted by Gasteiger charge is 2.14. The van der Waals surface area contributed by atoms with Crippen LogP contribution in [0, 0.1) is 0 Å². The van der Waals surface area contributed by atoms with Gasteiger partial charge in [0.1, 0.15) is 0 Å². The summed E-state index contributed by atoms with van der Waals surface area (Å²) in [7, 11) is 4.26. The van der Waals surface area contributed by atoms with Crippen molar-refractivity contribution in [2.75, 3.05) is 14.1 Å². The third kappa shape index (κ3) is 2.18. The highest BCUT2D eigenvalue weighted by molar-refractivity contribution is 5.60. The molecular formula is C10H18N2. The molecule has 0 saturated carbocycles. The molecule has 2 nitrogen and oxygen atoms in total. The first-order valence-corrected chi connectivity index (χ1v) is 4.62. The van der Waals surface area contributed by atoms with Crippen LogP contribution in [0.1, 0.15) is 26.2 Å². The highest BCUT2D eigenvalue weighted by atomic mass is 15.1. The number of likely N-dealkylation sites (N-methyl/N-ethyl adjacent to an activating group) is 1. The molecule has 0 aromatic rings. The van der Waals surface area contributed by atoms with E-state index < -0.39 is 0 Å². The normalized spacial score (nSPS) is 19.5. The fraction of sp³-hybridized carbons (Fsp3) is 0.700. The molecule has 0 aromatic carbocycles. The van der Waals surface area contributed by atoms with E-state index in [1.807, 2.05) is 12.4 Å². The van der Waals surface area contributed by atoms with Crippen molar-refractivity contribution < 1.29 is 0 Å². The maximum Gasteiger partial charge on any atom is 0.0317 e. The molecule has 0 amide bonds. The average Bonchev–Trinajstić information content (AvgIpc) is 2.07. The zero-order chi connectivity index (χ0) is 8.97. The molecule has 0 saturated heterocycles. The lowest BCUT2D eigenvalue weighted by atomic mass is 9.99. The standard InChI is InChI=1S/C10H18N2/c1-4-10(12(2)3)9-6-5-7-11-8-9/h7-8,10H,4-6H2,1-3H3. The first-order valence-electron chi connectivity index (χ1n) is 4.62. The second-order valence-corrected chi connectivity index (χ2v) is 3.46. The van der Waals surface area contributed by atoms with Gasteiger partial charge in [-0.2, -0.15) is 0 Å². The Morgan fingerprint density at radius 1 is 1.58 bits per heavy atom. The van der Waals surface area contributed by atoms with Crippen molar-refractivity contribution in [1.82, 2.24) is 4.90 Å². The van der Waals surface area contributed by atoms with Gasteiger partial charge in [0.25, 0.3) is 0 Å². The van der Waals surface area contributed by atoms with Crippen molar-refractivity contribution >= 4 is 6.21 Å². The van der Waals surface area contributed by atoms with E-state index in [0.29, 0.717) is 6.04 Å². The van der Waals surface area contributed by atoms with Gasteiger partial charge in [0, 0.05) is 18.5 Å². The quantitative estimate of drug-likeness (QED) is 0.626. The van der Waals surface area contributed by atoms with Gasteiger partial charge in [0.05, 0.1) is 0 Å². The Hall–Kier alpha value is -0.630. The Balaban J connectivity index is 2.64. The highest BCUT2D eigenvalue weighted by Crippen LogP contribution is 2.18. The van der Waals surface area contributed by atoms with Gasteiger partial charge in [-0.15, -0.1) is 0 Å². The van der Waals surface area contributed by atoms with E-state index in [4.69, 9.17) is 0 Å². The lowest BCUT2D eigenvalue weighted by molar-refractivity contribution is 0.316. The molecule has 0 N–H and O–H groups in total. The van der Waals surface area contributed by atoms with Crippen molar-refractivity contribution in [3.63, 3.8) is 0 Å². The third-order valence-electron chi connectivity index (χ3n) is 2.35. The molecule has 0 aliphatic carbocycles. The van der Waals surface area contributed by atoms with Crippen molar-refractivity contribution in [2.45, 2.75) is 32.2 Å². The molecule has 68 valence electrons. The predicted octanol–water partition coefficient (Wildman–Crippen LogP) is 2.08. The Bertz CT molecular complexity index is 192. The van der Waals surface area contributed by atoms with Crippen LogP contribution in [0.25, 0.3) is 0 Å². The second-order valence-electron chi connectivity index (χ2n) is 3.46. The Labute approximate surface area is 75.0 Å². The first-order chi connectivity index (χ1) is 5.75. The summed E-state index contributed by atoms with van der Waals surface area (Å²) in [5.74, 6) is 0. The fourth-order valence-electron chi connectivity index (χ4n) is 1.73. The summed E-state index contributed by atoms with van der Waals surface area (Å²) in [6.45, 7) is 2.23. The Morgan fingerprint density at radius 3 is 2.75 bits per heavy atom. The van der Waals surface area contributed by atoms with Gasteiger partial charge in [0.15, 0.2) is 0 Å². The number of hydrogen-bond donors (Lipinski definition) is 0. The maximum atomic E-state index is 4.20. The van der Waals surface area contributed by atoms with Crippen LogP contribution in [0.5, 0.6) is 0 Å². The molecule has 1 rings (SSSR count). The van der Waals surface area contributed by atoms with Crippen LogP contribution in [0.2, 0.25) is 0 Å². The number of rotatable bonds is 3. The van der Waals surface area contributed by atoms with Gasteiger partial charge in [-0.1, -0.05) is 6.92 Å². The van der Waals surface area contributed by atoms with Gasteiger partial charge in [-0.25, -0.2) is 0 Å². The van der Waals surface area contributed by atoms with Gasteiger partial charge >= 0.3 is 0 Å². The minimum Gasteiger partial charge on any atom is -0.303 e. The van der Waals surface area contributed by atoms with Gasteiger partial charge in [0.2, 0.25) is 0 Å². The van der Waals surface area contributed by atoms with Crippen LogP contribution in [-0.4, -0.2) is 31.3 Å². The van der Waals surface area contributed by atoms with Gasteiger partial charge < -0.3 is 4.90 Å². The molecule has 0 fully saturated rings. The smallest absolute Gasteiger partial charge is 0.0317 e. The predicted molar refractivity (Wildman–Crippen MR) is 53.6 cm³/mol. The first kappa shape index (κ1) is 9.46. The molecule has 1 aliphatic heterocycles. The average molecular weight is 166 g/mol. The van der Waals surface area contributed by atoms with E-state index >= 15 is 0 Å². The van der Waals surface area contributed by atoms with Crippen molar-refractivity contribution in [3.8, 4) is 0 Å². The van der Waals surface area contributed by atoms with E-state index in [1.54, 1.807) is 0 Å². The van der Waals surface area contributed by atoms with E-state index in [-0.39, 0.29) is 0 Å². The maximum absolute atomic E-state index is 4.20. The molecule has 1 unspecified atom stereocenters. The van der Waals surface area contributed by atoms with E-state index in [2.05, 4.69) is 30.9 Å². The summed E-state index contributed by atoms with van der Waals surface area (Å²) >= 11 is 0. The zero-order valence-corrected chi connectivity index (χ0v) is 8.25. The number of nitrogens with zero attached hydrogens (tertiary/aromatic N) is 2. The second kappa shape index (κ2) is 4.41. The molecule has 2 heteroatoms. The van der Waals surface area contributed by atoms with E-state index in [0.717, 1.165) is 6.42 Å². The van der Waals surface area contributed by atoms with Crippen LogP contribution in [-0.2, 0) is 0 Å². The number of aliphatic imine (C=N–C) groups is 1. The molecule has 0 aromatic heterocycles. The molecular weight excluding hydrogens is 148 g/mol. The molecule has 0 bridgehead atoms. The van der Waals surface area contributed by atoms with Crippen LogP contribution in [0.15, 0.2) is 16.8 Å². The van der Waals surface area contributed by atoms with Crippen LogP contribution in [0.3, 0.4) is 0 Å². The summed E-state index contributed by atoms with van der Waals surface area (Å²) in [5.41, 5.74) is 1.48. The summed E-state index contributed by atoms with van der Waals surface area (Å²) < 4.78 is 0.